The normalized spacial score (nSPS) is 19.1. The van der Waals surface area contributed by atoms with Crippen LogP contribution in [0.3, 0.4) is 0 Å². The van der Waals surface area contributed by atoms with Gasteiger partial charge in [0.25, 0.3) is 5.91 Å². The van der Waals surface area contributed by atoms with E-state index in [1.165, 1.54) is 0 Å². The predicted molar refractivity (Wildman–Crippen MR) is 118 cm³/mol. The highest BCUT2D eigenvalue weighted by atomic mass is 35.5. The largest absolute Gasteiger partial charge is 0.351 e. The van der Waals surface area contributed by atoms with Crippen LogP contribution in [0.2, 0.25) is 5.02 Å². The van der Waals surface area contributed by atoms with Crippen LogP contribution in [0, 0.1) is 5.92 Å². The summed E-state index contributed by atoms with van der Waals surface area (Å²) >= 11 is 5.90. The van der Waals surface area contributed by atoms with Gasteiger partial charge in [-0.05, 0) is 55.1 Å². The lowest BCUT2D eigenvalue weighted by Gasteiger charge is -2.24. The Hall–Kier alpha value is -2.08. The van der Waals surface area contributed by atoms with Gasteiger partial charge in [0.1, 0.15) is 6.04 Å². The van der Waals surface area contributed by atoms with E-state index in [1.807, 2.05) is 30.3 Å². The van der Waals surface area contributed by atoms with Crippen LogP contribution in [0.15, 0.2) is 54.6 Å². The number of amides is 2. The number of halogens is 2. The number of nitrogens with one attached hydrogen (secondary N) is 2. The van der Waals surface area contributed by atoms with E-state index in [9.17, 15) is 9.59 Å². The van der Waals surface area contributed by atoms with Crippen LogP contribution in [0.25, 0.3) is 0 Å². The molecule has 2 aromatic carbocycles. The van der Waals surface area contributed by atoms with Crippen LogP contribution in [0.1, 0.15) is 35.2 Å². The molecule has 4 N–H and O–H groups in total. The molecule has 0 bridgehead atoms. The Kier molecular flexibility index (Phi) is 8.96. The van der Waals surface area contributed by atoms with E-state index in [1.54, 1.807) is 24.3 Å². The second-order valence-electron chi connectivity index (χ2n) is 7.26. The Morgan fingerprint density at radius 2 is 1.76 bits per heavy atom. The fourth-order valence-electron chi connectivity index (χ4n) is 3.69. The molecule has 1 aliphatic rings. The lowest BCUT2D eigenvalue weighted by atomic mass is 10.0. The molecule has 156 valence electrons. The van der Waals surface area contributed by atoms with E-state index in [2.05, 4.69) is 10.6 Å². The van der Waals surface area contributed by atoms with Gasteiger partial charge in [0.15, 0.2) is 0 Å². The molecule has 7 heteroatoms. The third kappa shape index (κ3) is 6.46. The predicted octanol–water partition coefficient (Wildman–Crippen LogP) is 3.35. The molecule has 1 fully saturated rings. The van der Waals surface area contributed by atoms with Crippen molar-refractivity contribution in [1.29, 1.82) is 0 Å². The average molecular weight is 436 g/mol. The zero-order valence-corrected chi connectivity index (χ0v) is 17.7. The summed E-state index contributed by atoms with van der Waals surface area (Å²) in [5.41, 5.74) is 7.29. The van der Waals surface area contributed by atoms with Gasteiger partial charge in [-0.15, -0.1) is 12.4 Å². The molecule has 0 radical (unpaired) electrons. The first-order valence-electron chi connectivity index (χ1n) is 9.67. The van der Waals surface area contributed by atoms with E-state index < -0.39 is 6.04 Å². The van der Waals surface area contributed by atoms with Crippen molar-refractivity contribution in [2.75, 3.05) is 6.54 Å². The maximum Gasteiger partial charge on any atom is 0.251 e. The van der Waals surface area contributed by atoms with E-state index in [0.717, 1.165) is 24.8 Å². The fourth-order valence-corrected chi connectivity index (χ4v) is 3.82. The van der Waals surface area contributed by atoms with Crippen LogP contribution in [-0.4, -0.2) is 30.4 Å². The molecule has 2 amide bonds. The summed E-state index contributed by atoms with van der Waals surface area (Å²) in [6.07, 6.45) is 3.44. The molecule has 3 unspecified atom stereocenters. The minimum atomic E-state index is -0.662. The highest BCUT2D eigenvalue weighted by Gasteiger charge is 2.30. The van der Waals surface area contributed by atoms with Crippen LogP contribution < -0.4 is 16.4 Å². The van der Waals surface area contributed by atoms with E-state index in [0.29, 0.717) is 29.5 Å². The third-order valence-corrected chi connectivity index (χ3v) is 5.55. The molecule has 5 nitrogen and oxygen atoms in total. The van der Waals surface area contributed by atoms with Crippen molar-refractivity contribution in [3.05, 3.63) is 70.7 Å². The van der Waals surface area contributed by atoms with Gasteiger partial charge in [0.2, 0.25) is 5.91 Å². The summed E-state index contributed by atoms with van der Waals surface area (Å²) < 4.78 is 0. The Labute approximate surface area is 182 Å². The summed E-state index contributed by atoms with van der Waals surface area (Å²) in [6.45, 7) is 0.561. The Bertz CT molecular complexity index is 799. The summed E-state index contributed by atoms with van der Waals surface area (Å²) in [5.74, 6) is -0.167. The van der Waals surface area contributed by atoms with Gasteiger partial charge in [-0.25, -0.2) is 0 Å². The van der Waals surface area contributed by atoms with Crippen LogP contribution in [-0.2, 0) is 11.2 Å². The zero-order chi connectivity index (χ0) is 19.9. The van der Waals surface area contributed by atoms with Crippen LogP contribution in [0.4, 0.5) is 0 Å². The van der Waals surface area contributed by atoms with Gasteiger partial charge in [-0.3, -0.25) is 9.59 Å². The van der Waals surface area contributed by atoms with Crippen molar-refractivity contribution in [3.8, 4) is 0 Å². The maximum absolute atomic E-state index is 13.0. The number of hydrogen-bond acceptors (Lipinski definition) is 3. The molecule has 0 spiro atoms. The van der Waals surface area contributed by atoms with Gasteiger partial charge >= 0.3 is 0 Å². The Morgan fingerprint density at radius 3 is 2.41 bits per heavy atom. The van der Waals surface area contributed by atoms with Gasteiger partial charge in [0.05, 0.1) is 0 Å². The number of rotatable bonds is 7. The fraction of sp³-hybridized carbons (Fsp3) is 0.364. The number of nitrogens with two attached hydrogens (primary N) is 1. The Balaban J connectivity index is 0.00000300. The summed E-state index contributed by atoms with van der Waals surface area (Å²) in [7, 11) is 0. The van der Waals surface area contributed by atoms with Crippen molar-refractivity contribution in [1.82, 2.24) is 10.6 Å². The van der Waals surface area contributed by atoms with Gasteiger partial charge in [0, 0.05) is 23.0 Å². The van der Waals surface area contributed by atoms with Gasteiger partial charge < -0.3 is 16.4 Å². The number of hydrogen-bond donors (Lipinski definition) is 3. The van der Waals surface area contributed by atoms with Crippen molar-refractivity contribution in [3.63, 3.8) is 0 Å². The van der Waals surface area contributed by atoms with Gasteiger partial charge in [-0.1, -0.05) is 48.4 Å². The summed E-state index contributed by atoms with van der Waals surface area (Å²) in [4.78, 5) is 25.7. The summed E-state index contributed by atoms with van der Waals surface area (Å²) in [5, 5.41) is 6.55. The first-order chi connectivity index (χ1) is 13.6. The average Bonchev–Trinajstić information content (AvgIpc) is 3.15. The summed E-state index contributed by atoms with van der Waals surface area (Å²) in [6, 6.07) is 15.7. The molecule has 2 aromatic rings. The number of carbonyl (C=O) groups is 2. The molecule has 3 rings (SSSR count). The number of carbonyl (C=O) groups excluding carboxylic acids is 2. The minimum absolute atomic E-state index is 0. The molecule has 0 heterocycles. The molecular weight excluding hydrogens is 409 g/mol. The lowest BCUT2D eigenvalue weighted by molar-refractivity contribution is -0.123. The first-order valence-corrected chi connectivity index (χ1v) is 10.1. The van der Waals surface area contributed by atoms with Crippen LogP contribution in [0.5, 0.6) is 0 Å². The Morgan fingerprint density at radius 1 is 1.07 bits per heavy atom. The minimum Gasteiger partial charge on any atom is -0.351 e. The second-order valence-corrected chi connectivity index (χ2v) is 7.70. The quantitative estimate of drug-likeness (QED) is 0.623. The molecule has 0 aromatic heterocycles. The van der Waals surface area contributed by atoms with E-state index >= 15 is 0 Å². The smallest absolute Gasteiger partial charge is 0.251 e. The molecule has 29 heavy (non-hydrogen) atoms. The molecule has 3 atom stereocenters. The standard InChI is InChI=1S/C22H26ClN3O2.ClH/c23-18-11-9-16(10-12-18)21(27)26-20(13-15-5-2-1-3-6-15)22(28)25-19-8-4-7-17(19)14-24;/h1-3,5-6,9-12,17,19-20H,4,7-8,13-14,24H2,(H,25,28)(H,26,27);1H. The zero-order valence-electron chi connectivity index (χ0n) is 16.1. The van der Waals surface area contributed by atoms with Crippen molar-refractivity contribution in [2.45, 2.75) is 37.8 Å². The van der Waals surface area contributed by atoms with Crippen molar-refractivity contribution in [2.24, 2.45) is 11.7 Å². The number of benzene rings is 2. The molecule has 0 aliphatic heterocycles. The molecule has 1 aliphatic carbocycles. The highest BCUT2D eigenvalue weighted by Crippen LogP contribution is 2.24. The van der Waals surface area contributed by atoms with Crippen LogP contribution >= 0.6 is 24.0 Å². The monoisotopic (exact) mass is 435 g/mol. The molecule has 1 saturated carbocycles. The lowest BCUT2D eigenvalue weighted by Crippen LogP contribution is -2.52. The highest BCUT2D eigenvalue weighted by molar-refractivity contribution is 6.30. The second kappa shape index (κ2) is 11.2. The first kappa shape index (κ1) is 23.2. The van der Waals surface area contributed by atoms with Crippen molar-refractivity contribution < 1.29 is 9.59 Å². The molecular formula is C22H27Cl2N3O2. The van der Waals surface area contributed by atoms with E-state index in [-0.39, 0.29) is 30.3 Å². The maximum atomic E-state index is 13.0. The van der Waals surface area contributed by atoms with Gasteiger partial charge in [-0.2, -0.15) is 0 Å². The topological polar surface area (TPSA) is 84.2 Å². The SMILES string of the molecule is Cl.NCC1CCCC1NC(=O)C(Cc1ccccc1)NC(=O)c1ccc(Cl)cc1. The van der Waals surface area contributed by atoms with E-state index in [4.69, 9.17) is 17.3 Å². The molecule has 0 saturated heterocycles. The van der Waals surface area contributed by atoms with Crippen molar-refractivity contribution >= 4 is 35.8 Å². The third-order valence-electron chi connectivity index (χ3n) is 5.30.